The molecule has 0 radical (unpaired) electrons. The van der Waals surface area contributed by atoms with Crippen LogP contribution >= 0.6 is 0 Å². The van der Waals surface area contributed by atoms with Crippen molar-refractivity contribution in [3.8, 4) is 0 Å². The van der Waals surface area contributed by atoms with E-state index in [9.17, 15) is 9.59 Å². The zero-order valence-corrected chi connectivity index (χ0v) is 17.5. The van der Waals surface area contributed by atoms with Crippen molar-refractivity contribution >= 4 is 11.8 Å². The molecule has 0 spiro atoms. The van der Waals surface area contributed by atoms with E-state index >= 15 is 0 Å². The minimum absolute atomic E-state index is 0.0444. The number of carbonyl (C=O) groups excluding carboxylic acids is 2. The van der Waals surface area contributed by atoms with Crippen LogP contribution in [0, 0.1) is 5.92 Å². The van der Waals surface area contributed by atoms with Crippen LogP contribution in [0.5, 0.6) is 0 Å². The Kier molecular flexibility index (Phi) is 6.84. The molecule has 2 unspecified atom stereocenters. The summed E-state index contributed by atoms with van der Waals surface area (Å²) in [6.45, 7) is 3.85. The van der Waals surface area contributed by atoms with Crippen LogP contribution in [-0.2, 0) is 16.0 Å². The van der Waals surface area contributed by atoms with Gasteiger partial charge >= 0.3 is 0 Å². The van der Waals surface area contributed by atoms with Crippen molar-refractivity contribution in [1.29, 1.82) is 0 Å². The van der Waals surface area contributed by atoms with Crippen molar-refractivity contribution in [3.63, 3.8) is 0 Å². The smallest absolute Gasteiger partial charge is 0.227 e. The molecule has 2 aromatic rings. The number of rotatable bonds is 7. The van der Waals surface area contributed by atoms with E-state index in [-0.39, 0.29) is 23.8 Å². The van der Waals surface area contributed by atoms with Gasteiger partial charge < -0.3 is 14.6 Å². The van der Waals surface area contributed by atoms with Gasteiger partial charge in [0, 0.05) is 19.6 Å². The highest BCUT2D eigenvalue weighted by molar-refractivity contribution is 5.82. The van der Waals surface area contributed by atoms with Crippen molar-refractivity contribution in [2.75, 3.05) is 32.7 Å². The Morgan fingerprint density at radius 1 is 1.03 bits per heavy atom. The fourth-order valence-electron chi connectivity index (χ4n) is 4.59. The predicted octanol–water partition coefficient (Wildman–Crippen LogP) is 3.01. The van der Waals surface area contributed by atoms with Crippen LogP contribution in [-0.4, -0.2) is 54.3 Å². The van der Waals surface area contributed by atoms with E-state index in [1.807, 2.05) is 47.4 Å². The van der Waals surface area contributed by atoms with Crippen molar-refractivity contribution < 1.29 is 14.0 Å². The quantitative estimate of drug-likeness (QED) is 0.763. The third kappa shape index (κ3) is 5.11. The molecule has 2 atom stereocenters. The average molecular weight is 410 g/mol. The molecule has 0 aliphatic carbocycles. The molecule has 1 aromatic heterocycles. The number of amides is 2. The Hall–Kier alpha value is -2.60. The number of benzene rings is 1. The lowest BCUT2D eigenvalue weighted by Gasteiger charge is -2.33. The van der Waals surface area contributed by atoms with Gasteiger partial charge in [-0.2, -0.15) is 0 Å². The average Bonchev–Trinajstić information content (AvgIpc) is 3.50. The molecule has 2 aliphatic heterocycles. The van der Waals surface area contributed by atoms with E-state index in [1.54, 1.807) is 6.26 Å². The minimum Gasteiger partial charge on any atom is -0.468 e. The molecular formula is C24H31N3O3. The SMILES string of the molecule is O=C(NCC(c1ccco1)N1CCCC1)C1CCCN(C(=O)Cc2ccccc2)C1. The summed E-state index contributed by atoms with van der Waals surface area (Å²) in [6, 6.07) is 13.8. The first-order valence-electron chi connectivity index (χ1n) is 11.1. The summed E-state index contributed by atoms with van der Waals surface area (Å²) >= 11 is 0. The molecule has 0 bridgehead atoms. The molecular weight excluding hydrogens is 378 g/mol. The molecule has 6 heteroatoms. The van der Waals surface area contributed by atoms with Crippen LogP contribution in [0.25, 0.3) is 0 Å². The molecule has 1 aromatic carbocycles. The van der Waals surface area contributed by atoms with Crippen LogP contribution in [0.2, 0.25) is 0 Å². The fraction of sp³-hybridized carbons (Fsp3) is 0.500. The van der Waals surface area contributed by atoms with E-state index in [0.29, 0.717) is 19.5 Å². The molecule has 4 rings (SSSR count). The lowest BCUT2D eigenvalue weighted by Crippen LogP contribution is -2.47. The molecule has 30 heavy (non-hydrogen) atoms. The largest absolute Gasteiger partial charge is 0.468 e. The second-order valence-corrected chi connectivity index (χ2v) is 8.36. The molecule has 160 valence electrons. The topological polar surface area (TPSA) is 65.8 Å². The Morgan fingerprint density at radius 3 is 2.57 bits per heavy atom. The predicted molar refractivity (Wildman–Crippen MR) is 115 cm³/mol. The molecule has 2 amide bonds. The Morgan fingerprint density at radius 2 is 1.83 bits per heavy atom. The highest BCUT2D eigenvalue weighted by atomic mass is 16.3. The van der Waals surface area contributed by atoms with Crippen LogP contribution in [0.1, 0.15) is 43.0 Å². The first-order valence-corrected chi connectivity index (χ1v) is 11.1. The van der Waals surface area contributed by atoms with Gasteiger partial charge in [-0.05, 0) is 56.5 Å². The third-order valence-electron chi connectivity index (χ3n) is 6.27. The second kappa shape index (κ2) is 9.94. The summed E-state index contributed by atoms with van der Waals surface area (Å²) in [5, 5.41) is 3.15. The normalized spacial score (nSPS) is 20.8. The number of hydrogen-bond donors (Lipinski definition) is 1. The summed E-state index contributed by atoms with van der Waals surface area (Å²) in [7, 11) is 0. The zero-order valence-electron chi connectivity index (χ0n) is 17.5. The van der Waals surface area contributed by atoms with Crippen molar-refractivity contribution in [1.82, 2.24) is 15.1 Å². The number of likely N-dealkylation sites (tertiary alicyclic amines) is 2. The summed E-state index contributed by atoms with van der Waals surface area (Å²) < 4.78 is 5.65. The maximum atomic E-state index is 12.9. The lowest BCUT2D eigenvalue weighted by atomic mass is 9.96. The highest BCUT2D eigenvalue weighted by Crippen LogP contribution is 2.25. The molecule has 2 fully saturated rings. The minimum atomic E-state index is -0.144. The Bertz CT molecular complexity index is 815. The Balaban J connectivity index is 1.32. The second-order valence-electron chi connectivity index (χ2n) is 8.36. The molecule has 3 heterocycles. The van der Waals surface area contributed by atoms with Gasteiger partial charge in [-0.15, -0.1) is 0 Å². The third-order valence-corrected chi connectivity index (χ3v) is 6.27. The number of carbonyl (C=O) groups is 2. The first kappa shape index (κ1) is 20.7. The van der Waals surface area contributed by atoms with Gasteiger partial charge in [0.15, 0.2) is 0 Å². The number of furan rings is 1. The van der Waals surface area contributed by atoms with E-state index in [2.05, 4.69) is 10.2 Å². The molecule has 2 aliphatic rings. The highest BCUT2D eigenvalue weighted by Gasteiger charge is 2.30. The molecule has 0 saturated carbocycles. The summed E-state index contributed by atoms with van der Waals surface area (Å²) in [5.74, 6) is 0.905. The Labute approximate surface area is 178 Å². The van der Waals surface area contributed by atoms with Crippen LogP contribution in [0.4, 0.5) is 0 Å². The van der Waals surface area contributed by atoms with E-state index in [0.717, 1.165) is 43.8 Å². The number of nitrogens with zero attached hydrogens (tertiary/aromatic N) is 2. The van der Waals surface area contributed by atoms with E-state index in [1.165, 1.54) is 12.8 Å². The number of piperidine rings is 1. The van der Waals surface area contributed by atoms with Gasteiger partial charge in [0.1, 0.15) is 5.76 Å². The molecule has 2 saturated heterocycles. The van der Waals surface area contributed by atoms with Crippen molar-refractivity contribution in [2.45, 2.75) is 38.1 Å². The molecule has 1 N–H and O–H groups in total. The summed E-state index contributed by atoms with van der Waals surface area (Å²) in [5.41, 5.74) is 1.01. The maximum Gasteiger partial charge on any atom is 0.227 e. The van der Waals surface area contributed by atoms with Crippen LogP contribution in [0.3, 0.4) is 0 Å². The van der Waals surface area contributed by atoms with Crippen LogP contribution in [0.15, 0.2) is 53.1 Å². The molecule has 6 nitrogen and oxygen atoms in total. The fourth-order valence-corrected chi connectivity index (χ4v) is 4.59. The number of hydrogen-bond acceptors (Lipinski definition) is 4. The lowest BCUT2D eigenvalue weighted by molar-refractivity contribution is -0.135. The maximum absolute atomic E-state index is 12.9. The van der Waals surface area contributed by atoms with Gasteiger partial charge in [0.25, 0.3) is 0 Å². The summed E-state index contributed by atoms with van der Waals surface area (Å²) in [4.78, 5) is 29.9. The van der Waals surface area contributed by atoms with Crippen molar-refractivity contribution in [3.05, 3.63) is 60.1 Å². The standard InChI is InChI=1S/C24H31N3O3/c28-23(16-19-8-2-1-3-9-19)27-14-6-10-20(18-27)24(29)25-17-21(22-11-7-15-30-22)26-12-4-5-13-26/h1-3,7-9,11,15,20-21H,4-6,10,12-14,16-18H2,(H,25,29). The van der Waals surface area contributed by atoms with Gasteiger partial charge in [-0.25, -0.2) is 0 Å². The summed E-state index contributed by atoms with van der Waals surface area (Å²) in [6.07, 6.45) is 6.16. The van der Waals surface area contributed by atoms with Gasteiger partial charge in [-0.3, -0.25) is 14.5 Å². The van der Waals surface area contributed by atoms with Crippen LogP contribution < -0.4 is 5.32 Å². The van der Waals surface area contributed by atoms with E-state index < -0.39 is 0 Å². The zero-order chi connectivity index (χ0) is 20.8. The van der Waals surface area contributed by atoms with Gasteiger partial charge in [0.05, 0.1) is 24.6 Å². The van der Waals surface area contributed by atoms with E-state index in [4.69, 9.17) is 4.42 Å². The number of nitrogens with one attached hydrogen (secondary N) is 1. The van der Waals surface area contributed by atoms with Crippen molar-refractivity contribution in [2.24, 2.45) is 5.92 Å². The monoisotopic (exact) mass is 409 g/mol. The van der Waals surface area contributed by atoms with Gasteiger partial charge in [0.2, 0.25) is 11.8 Å². The first-order chi connectivity index (χ1) is 14.7. The van der Waals surface area contributed by atoms with Gasteiger partial charge in [-0.1, -0.05) is 30.3 Å².